The third kappa shape index (κ3) is 11.2. The Morgan fingerprint density at radius 3 is 2.19 bits per heavy atom. The summed E-state index contributed by atoms with van der Waals surface area (Å²) in [5.41, 5.74) is 4.67. The molecule has 158 valence electrons. The molecule has 0 saturated heterocycles. The van der Waals surface area contributed by atoms with Gasteiger partial charge in [-0.1, -0.05) is 6.92 Å². The smallest absolute Gasteiger partial charge is 0.350 e. The molecule has 0 bridgehead atoms. The van der Waals surface area contributed by atoms with Gasteiger partial charge in [-0.2, -0.15) is 4.98 Å². The first-order valence-corrected chi connectivity index (χ1v) is 10.6. The fourth-order valence-electron chi connectivity index (χ4n) is 2.49. The van der Waals surface area contributed by atoms with E-state index in [0.717, 1.165) is 11.1 Å². The Morgan fingerprint density at radius 2 is 1.85 bits per heavy atom. The number of nitrogens with two attached hydrogens (primary N) is 1. The molecule has 0 aliphatic heterocycles. The van der Waals surface area contributed by atoms with E-state index >= 15 is 0 Å². The highest BCUT2D eigenvalue weighted by atomic mass is 31.2. The summed E-state index contributed by atoms with van der Waals surface area (Å²) in [4.78, 5) is 34.5. The quantitative estimate of drug-likeness (QED) is 0.427. The van der Waals surface area contributed by atoms with E-state index in [-0.39, 0.29) is 12.4 Å². The van der Waals surface area contributed by atoms with Gasteiger partial charge in [0.1, 0.15) is 12.2 Å². The molecule has 1 atom stereocenters. The van der Waals surface area contributed by atoms with Gasteiger partial charge in [-0.3, -0.25) is 14.0 Å². The molecule has 0 aliphatic carbocycles. The van der Waals surface area contributed by atoms with Crippen LogP contribution in [0, 0.1) is 0 Å². The summed E-state index contributed by atoms with van der Waals surface area (Å²) < 4.78 is 16.5. The van der Waals surface area contributed by atoms with Crippen LogP contribution < -0.4 is 11.4 Å². The molecule has 10 nitrogen and oxygen atoms in total. The van der Waals surface area contributed by atoms with E-state index in [1.165, 1.54) is 12.3 Å². The van der Waals surface area contributed by atoms with Crippen molar-refractivity contribution in [1.82, 2.24) is 14.5 Å². The standard InChI is InChI=1S/C8H14N3O6P.C8H19N/c9-7-1-2-11(8(13)10-7)3-6(4-12)17-5-18(14,15)16;1-6-9(7(2)3)8(4)5/h1-2,6,12H,3-5H2,(H2,9,10,13)(H2,14,15,16);7-8H,6H2,1-5H3/t6-;/m0./s1. The minimum atomic E-state index is -4.31. The van der Waals surface area contributed by atoms with Crippen molar-refractivity contribution >= 4 is 13.4 Å². The van der Waals surface area contributed by atoms with Crippen molar-refractivity contribution < 1.29 is 24.2 Å². The Labute approximate surface area is 160 Å². The first kappa shape index (κ1) is 25.7. The molecular weight excluding hydrogens is 375 g/mol. The highest BCUT2D eigenvalue weighted by Crippen LogP contribution is 2.34. The summed E-state index contributed by atoms with van der Waals surface area (Å²) in [6.45, 7) is 11.8. The van der Waals surface area contributed by atoms with Gasteiger partial charge >= 0.3 is 13.3 Å². The molecule has 1 aromatic rings. The second-order valence-corrected chi connectivity index (χ2v) is 8.16. The minimum Gasteiger partial charge on any atom is -0.394 e. The topological polar surface area (TPSA) is 151 Å². The summed E-state index contributed by atoms with van der Waals surface area (Å²) in [7, 11) is -4.31. The van der Waals surface area contributed by atoms with Crippen LogP contribution in [-0.2, 0) is 15.8 Å². The normalized spacial score (nSPS) is 13.0. The maximum absolute atomic E-state index is 11.4. The van der Waals surface area contributed by atoms with Gasteiger partial charge in [0.25, 0.3) is 0 Å². The minimum absolute atomic E-state index is 0.0629. The lowest BCUT2D eigenvalue weighted by Crippen LogP contribution is -2.36. The van der Waals surface area contributed by atoms with Crippen molar-refractivity contribution in [1.29, 1.82) is 0 Å². The van der Waals surface area contributed by atoms with E-state index in [2.05, 4.69) is 44.5 Å². The number of anilines is 1. The molecule has 11 heteroatoms. The van der Waals surface area contributed by atoms with Crippen LogP contribution in [0.25, 0.3) is 0 Å². The van der Waals surface area contributed by atoms with Crippen LogP contribution in [0.2, 0.25) is 0 Å². The lowest BCUT2D eigenvalue weighted by molar-refractivity contribution is 0.0188. The van der Waals surface area contributed by atoms with E-state index in [1.807, 2.05) is 0 Å². The van der Waals surface area contributed by atoms with Gasteiger partial charge in [-0.25, -0.2) is 4.79 Å². The Hall–Kier alpha value is -1.29. The zero-order valence-corrected chi connectivity index (χ0v) is 17.5. The number of hydrogen-bond donors (Lipinski definition) is 4. The van der Waals surface area contributed by atoms with E-state index in [0.29, 0.717) is 12.1 Å². The zero-order valence-electron chi connectivity index (χ0n) is 16.6. The highest BCUT2D eigenvalue weighted by molar-refractivity contribution is 7.51. The molecular formula is C16H33N4O6P. The molecule has 0 amide bonds. The van der Waals surface area contributed by atoms with Crippen LogP contribution in [0.4, 0.5) is 5.82 Å². The number of aliphatic hydroxyl groups is 1. The largest absolute Gasteiger partial charge is 0.394 e. The molecule has 0 fully saturated rings. The molecule has 1 rings (SSSR count). The molecule has 0 aliphatic rings. The number of aliphatic hydroxyl groups excluding tert-OH is 1. The van der Waals surface area contributed by atoms with Crippen molar-refractivity contribution in [3.8, 4) is 0 Å². The molecule has 0 unspecified atom stereocenters. The Balaban J connectivity index is 0.000000636. The Kier molecular flexibility index (Phi) is 11.6. The molecule has 0 aromatic carbocycles. The van der Waals surface area contributed by atoms with Crippen molar-refractivity contribution in [2.45, 2.75) is 59.4 Å². The lowest BCUT2D eigenvalue weighted by atomic mass is 10.2. The molecule has 0 saturated carbocycles. The molecule has 1 aromatic heterocycles. The van der Waals surface area contributed by atoms with E-state index in [1.54, 1.807) is 0 Å². The number of rotatable bonds is 9. The summed E-state index contributed by atoms with van der Waals surface area (Å²) >= 11 is 0. The van der Waals surface area contributed by atoms with Gasteiger partial charge in [0.2, 0.25) is 0 Å². The van der Waals surface area contributed by atoms with Crippen molar-refractivity contribution in [3.63, 3.8) is 0 Å². The molecule has 0 radical (unpaired) electrons. The molecule has 0 spiro atoms. The van der Waals surface area contributed by atoms with Crippen molar-refractivity contribution in [3.05, 3.63) is 22.7 Å². The van der Waals surface area contributed by atoms with Gasteiger partial charge in [0.15, 0.2) is 0 Å². The van der Waals surface area contributed by atoms with Crippen LogP contribution in [0.1, 0.15) is 34.6 Å². The number of nitrogen functional groups attached to an aromatic ring is 1. The third-order valence-electron chi connectivity index (χ3n) is 3.67. The molecule has 5 N–H and O–H groups in total. The van der Waals surface area contributed by atoms with Gasteiger partial charge in [-0.05, 0) is 40.3 Å². The molecule has 1 heterocycles. The van der Waals surface area contributed by atoms with Gasteiger partial charge in [0.05, 0.1) is 19.3 Å². The third-order valence-corrected chi connectivity index (χ3v) is 4.16. The predicted octanol–water partition coefficient (Wildman–Crippen LogP) is 0.463. The summed E-state index contributed by atoms with van der Waals surface area (Å²) in [6, 6.07) is 2.77. The first-order chi connectivity index (χ1) is 12.4. The average Bonchev–Trinajstić information content (AvgIpc) is 2.53. The van der Waals surface area contributed by atoms with Crippen LogP contribution in [0.15, 0.2) is 17.1 Å². The summed E-state index contributed by atoms with van der Waals surface area (Å²) in [5, 5.41) is 8.99. The SMILES string of the molecule is CCN(C(C)C)C(C)C.Nc1ccn(C[C@@H](CO)OCP(=O)(O)O)c(=O)n1. The van der Waals surface area contributed by atoms with Crippen molar-refractivity contribution in [2.24, 2.45) is 0 Å². The lowest BCUT2D eigenvalue weighted by Gasteiger charge is -2.28. The van der Waals surface area contributed by atoms with E-state index in [4.69, 9.17) is 25.4 Å². The van der Waals surface area contributed by atoms with Crippen LogP contribution in [0.3, 0.4) is 0 Å². The maximum Gasteiger partial charge on any atom is 0.350 e. The Morgan fingerprint density at radius 1 is 1.30 bits per heavy atom. The number of nitrogens with zero attached hydrogens (tertiary/aromatic N) is 3. The van der Waals surface area contributed by atoms with Gasteiger partial charge < -0.3 is 25.4 Å². The second kappa shape index (κ2) is 12.2. The van der Waals surface area contributed by atoms with Crippen molar-refractivity contribution in [2.75, 3.05) is 25.2 Å². The fourth-order valence-corrected chi connectivity index (χ4v) is 2.90. The summed E-state index contributed by atoms with van der Waals surface area (Å²) in [6.07, 6.45) is -0.385. The fraction of sp³-hybridized carbons (Fsp3) is 0.750. The second-order valence-electron chi connectivity index (χ2n) is 6.57. The maximum atomic E-state index is 11.4. The highest BCUT2D eigenvalue weighted by Gasteiger charge is 2.18. The van der Waals surface area contributed by atoms with Crippen LogP contribution in [-0.4, -0.2) is 67.0 Å². The number of aromatic nitrogens is 2. The summed E-state index contributed by atoms with van der Waals surface area (Å²) in [5.74, 6) is 0.0629. The number of ether oxygens (including phenoxy) is 1. The first-order valence-electron chi connectivity index (χ1n) is 8.77. The Bertz CT molecular complexity index is 638. The van der Waals surface area contributed by atoms with Crippen LogP contribution >= 0.6 is 7.60 Å². The predicted molar refractivity (Wildman–Crippen MR) is 104 cm³/mol. The van der Waals surface area contributed by atoms with E-state index in [9.17, 15) is 9.36 Å². The zero-order chi connectivity index (χ0) is 21.2. The average molecular weight is 408 g/mol. The van der Waals surface area contributed by atoms with E-state index < -0.39 is 32.3 Å². The monoisotopic (exact) mass is 408 g/mol. The van der Waals surface area contributed by atoms with Gasteiger partial charge in [0, 0.05) is 18.3 Å². The number of hydrogen-bond acceptors (Lipinski definition) is 7. The molecule has 27 heavy (non-hydrogen) atoms. The van der Waals surface area contributed by atoms with Crippen LogP contribution in [0.5, 0.6) is 0 Å². The van der Waals surface area contributed by atoms with Gasteiger partial charge in [-0.15, -0.1) is 0 Å².